The highest BCUT2D eigenvalue weighted by molar-refractivity contribution is 5.48. The van der Waals surface area contributed by atoms with Crippen LogP contribution in [0.2, 0.25) is 0 Å². The molecule has 0 saturated carbocycles. The van der Waals surface area contributed by atoms with Crippen molar-refractivity contribution < 1.29 is 4.79 Å². The zero-order chi connectivity index (χ0) is 8.10. The SMILES string of the molecule is Cc1cnn(CCCC=O)c1. The summed E-state index contributed by atoms with van der Waals surface area (Å²) < 4.78 is 1.86. The van der Waals surface area contributed by atoms with E-state index >= 15 is 0 Å². The van der Waals surface area contributed by atoms with Gasteiger partial charge in [-0.05, 0) is 18.9 Å². The molecular formula is C8H12N2O. The third-order valence-electron chi connectivity index (χ3n) is 1.47. The van der Waals surface area contributed by atoms with Crippen molar-refractivity contribution >= 4 is 6.29 Å². The average Bonchev–Trinajstić information content (AvgIpc) is 2.37. The number of hydrogen-bond donors (Lipinski definition) is 0. The Morgan fingerprint density at radius 1 is 1.73 bits per heavy atom. The number of aldehydes is 1. The maximum Gasteiger partial charge on any atom is 0.120 e. The largest absolute Gasteiger partial charge is 0.303 e. The first-order chi connectivity index (χ1) is 5.33. The molecule has 3 heteroatoms. The van der Waals surface area contributed by atoms with Crippen LogP contribution in [0.25, 0.3) is 0 Å². The van der Waals surface area contributed by atoms with Gasteiger partial charge in [0, 0.05) is 19.2 Å². The summed E-state index contributed by atoms with van der Waals surface area (Å²) in [5.41, 5.74) is 1.16. The van der Waals surface area contributed by atoms with Gasteiger partial charge in [0.05, 0.1) is 6.20 Å². The quantitative estimate of drug-likeness (QED) is 0.479. The summed E-state index contributed by atoms with van der Waals surface area (Å²) in [5, 5.41) is 4.09. The molecule has 1 rings (SSSR count). The molecule has 0 aliphatic heterocycles. The van der Waals surface area contributed by atoms with Gasteiger partial charge in [-0.25, -0.2) is 0 Å². The molecule has 1 aromatic rings. The van der Waals surface area contributed by atoms with Gasteiger partial charge in [0.2, 0.25) is 0 Å². The summed E-state index contributed by atoms with van der Waals surface area (Å²) in [7, 11) is 0. The van der Waals surface area contributed by atoms with Gasteiger partial charge in [0.15, 0.2) is 0 Å². The van der Waals surface area contributed by atoms with Gasteiger partial charge in [-0.1, -0.05) is 0 Å². The molecule has 0 fully saturated rings. The second kappa shape index (κ2) is 3.91. The van der Waals surface area contributed by atoms with Crippen LogP contribution in [0, 0.1) is 6.92 Å². The molecule has 3 nitrogen and oxygen atoms in total. The van der Waals surface area contributed by atoms with Crippen molar-refractivity contribution in [3.63, 3.8) is 0 Å². The summed E-state index contributed by atoms with van der Waals surface area (Å²) in [5.74, 6) is 0. The maximum atomic E-state index is 9.97. The lowest BCUT2D eigenvalue weighted by atomic mass is 10.3. The van der Waals surface area contributed by atoms with Gasteiger partial charge >= 0.3 is 0 Å². The molecule has 1 heterocycles. The van der Waals surface area contributed by atoms with Crippen LogP contribution < -0.4 is 0 Å². The first-order valence-corrected chi connectivity index (χ1v) is 3.75. The molecule has 11 heavy (non-hydrogen) atoms. The normalized spacial score (nSPS) is 9.91. The molecule has 0 aromatic carbocycles. The highest BCUT2D eigenvalue weighted by atomic mass is 16.1. The average molecular weight is 152 g/mol. The van der Waals surface area contributed by atoms with E-state index in [4.69, 9.17) is 0 Å². The molecule has 0 aliphatic carbocycles. The van der Waals surface area contributed by atoms with E-state index in [-0.39, 0.29) is 0 Å². The van der Waals surface area contributed by atoms with Gasteiger partial charge in [0.25, 0.3) is 0 Å². The molecular weight excluding hydrogens is 140 g/mol. The van der Waals surface area contributed by atoms with Crippen LogP contribution in [-0.2, 0) is 11.3 Å². The third kappa shape index (κ3) is 2.53. The standard InChI is InChI=1S/C8H12N2O/c1-8-6-9-10(7-8)4-2-3-5-11/h5-7H,2-4H2,1H3. The van der Waals surface area contributed by atoms with E-state index in [0.717, 1.165) is 24.8 Å². The molecule has 0 saturated heterocycles. The van der Waals surface area contributed by atoms with Crippen molar-refractivity contribution in [2.24, 2.45) is 0 Å². The first-order valence-electron chi connectivity index (χ1n) is 3.75. The molecule has 0 aliphatic rings. The molecule has 0 radical (unpaired) electrons. The van der Waals surface area contributed by atoms with Gasteiger partial charge in [0.1, 0.15) is 6.29 Å². The minimum absolute atomic E-state index is 0.624. The number of nitrogens with zero attached hydrogens (tertiary/aromatic N) is 2. The molecule has 60 valence electrons. The Morgan fingerprint density at radius 3 is 3.09 bits per heavy atom. The van der Waals surface area contributed by atoms with Crippen LogP contribution in [0.5, 0.6) is 0 Å². The number of carbonyl (C=O) groups is 1. The van der Waals surface area contributed by atoms with Crippen molar-refractivity contribution in [1.82, 2.24) is 9.78 Å². The van der Waals surface area contributed by atoms with Gasteiger partial charge in [-0.2, -0.15) is 5.10 Å². The van der Waals surface area contributed by atoms with Gasteiger partial charge in [-0.15, -0.1) is 0 Å². The summed E-state index contributed by atoms with van der Waals surface area (Å²) in [6.45, 7) is 2.84. The number of aryl methyl sites for hydroxylation is 2. The fraction of sp³-hybridized carbons (Fsp3) is 0.500. The number of rotatable bonds is 4. The minimum Gasteiger partial charge on any atom is -0.303 e. The predicted octanol–water partition coefficient (Wildman–Crippen LogP) is 1.17. The van der Waals surface area contributed by atoms with Crippen molar-refractivity contribution in [3.8, 4) is 0 Å². The molecule has 0 spiro atoms. The van der Waals surface area contributed by atoms with Crippen LogP contribution in [-0.4, -0.2) is 16.1 Å². The Labute approximate surface area is 66.0 Å². The van der Waals surface area contributed by atoms with E-state index in [9.17, 15) is 4.79 Å². The fourth-order valence-corrected chi connectivity index (χ4v) is 0.926. The minimum atomic E-state index is 0.624. The van der Waals surface area contributed by atoms with Crippen molar-refractivity contribution in [3.05, 3.63) is 18.0 Å². The van der Waals surface area contributed by atoms with E-state index in [0.29, 0.717) is 6.42 Å². The van der Waals surface area contributed by atoms with Crippen molar-refractivity contribution in [2.75, 3.05) is 0 Å². The summed E-state index contributed by atoms with van der Waals surface area (Å²) >= 11 is 0. The molecule has 0 N–H and O–H groups in total. The highest BCUT2D eigenvalue weighted by Crippen LogP contribution is 1.96. The number of hydrogen-bond acceptors (Lipinski definition) is 2. The Bertz CT molecular complexity index is 230. The van der Waals surface area contributed by atoms with Crippen LogP contribution in [0.15, 0.2) is 12.4 Å². The second-order valence-corrected chi connectivity index (χ2v) is 2.59. The number of aromatic nitrogens is 2. The molecule has 0 atom stereocenters. The lowest BCUT2D eigenvalue weighted by molar-refractivity contribution is -0.107. The Kier molecular flexibility index (Phi) is 2.83. The number of carbonyl (C=O) groups excluding carboxylic acids is 1. The summed E-state index contributed by atoms with van der Waals surface area (Å²) in [6, 6.07) is 0. The fourth-order valence-electron chi connectivity index (χ4n) is 0.926. The molecule has 1 aromatic heterocycles. The third-order valence-corrected chi connectivity index (χ3v) is 1.47. The predicted molar refractivity (Wildman–Crippen MR) is 42.3 cm³/mol. The van der Waals surface area contributed by atoms with Crippen LogP contribution >= 0.6 is 0 Å². The summed E-state index contributed by atoms with van der Waals surface area (Å²) in [6.07, 6.45) is 6.24. The zero-order valence-electron chi connectivity index (χ0n) is 6.66. The lowest BCUT2D eigenvalue weighted by Crippen LogP contribution is -1.97. The van der Waals surface area contributed by atoms with Gasteiger partial charge < -0.3 is 4.79 Å². The lowest BCUT2D eigenvalue weighted by Gasteiger charge is -1.95. The Hall–Kier alpha value is -1.12. The molecule has 0 unspecified atom stereocenters. The highest BCUT2D eigenvalue weighted by Gasteiger charge is 1.92. The topological polar surface area (TPSA) is 34.9 Å². The van der Waals surface area contributed by atoms with E-state index in [1.165, 1.54) is 0 Å². The molecule has 0 bridgehead atoms. The first kappa shape index (κ1) is 7.98. The second-order valence-electron chi connectivity index (χ2n) is 2.59. The van der Waals surface area contributed by atoms with Crippen molar-refractivity contribution in [1.29, 1.82) is 0 Å². The Balaban J connectivity index is 2.32. The molecule has 0 amide bonds. The van der Waals surface area contributed by atoms with E-state index in [2.05, 4.69) is 5.10 Å². The zero-order valence-corrected chi connectivity index (χ0v) is 6.66. The van der Waals surface area contributed by atoms with E-state index in [1.807, 2.05) is 24.0 Å². The number of unbranched alkanes of at least 4 members (excludes halogenated alkanes) is 1. The van der Waals surface area contributed by atoms with E-state index in [1.54, 1.807) is 0 Å². The monoisotopic (exact) mass is 152 g/mol. The van der Waals surface area contributed by atoms with Gasteiger partial charge in [-0.3, -0.25) is 4.68 Å². The summed E-state index contributed by atoms with van der Waals surface area (Å²) in [4.78, 5) is 9.97. The maximum absolute atomic E-state index is 9.97. The smallest absolute Gasteiger partial charge is 0.120 e. The van der Waals surface area contributed by atoms with Crippen molar-refractivity contribution in [2.45, 2.75) is 26.3 Å². The van der Waals surface area contributed by atoms with Crippen LogP contribution in [0.3, 0.4) is 0 Å². The van der Waals surface area contributed by atoms with E-state index < -0.39 is 0 Å². The van der Waals surface area contributed by atoms with Crippen LogP contribution in [0.1, 0.15) is 18.4 Å². The van der Waals surface area contributed by atoms with Crippen LogP contribution in [0.4, 0.5) is 0 Å². The Morgan fingerprint density at radius 2 is 2.55 bits per heavy atom.